The first-order valence-corrected chi connectivity index (χ1v) is 11.8. The Kier molecular flexibility index (Phi) is 5.23. The number of hydrogen-bond acceptors (Lipinski definition) is 1. The second-order valence-electron chi connectivity index (χ2n) is 9.01. The van der Waals surface area contributed by atoms with Gasteiger partial charge in [-0.1, -0.05) is 78.9 Å². The van der Waals surface area contributed by atoms with Gasteiger partial charge < -0.3 is 9.47 Å². The number of fused-ring (bicyclic) bond motifs is 2. The predicted molar refractivity (Wildman–Crippen MR) is 137 cm³/mol. The average molecular weight is 443 g/mol. The number of aromatic nitrogens is 1. The SMILES string of the molecule is O=C(c1ccccc1-n1cccc1)N(Cc1cccc2ccccc12)C1Cc2ccccc2C1. The molecule has 1 aliphatic rings. The molecule has 6 rings (SSSR count). The first-order chi connectivity index (χ1) is 16.8. The molecule has 0 fully saturated rings. The maximum absolute atomic E-state index is 14.3. The van der Waals surface area contributed by atoms with Crippen molar-refractivity contribution in [2.75, 3.05) is 0 Å². The van der Waals surface area contributed by atoms with Crippen molar-refractivity contribution in [2.24, 2.45) is 0 Å². The molecule has 166 valence electrons. The molecule has 1 aliphatic carbocycles. The van der Waals surface area contributed by atoms with E-state index in [2.05, 4.69) is 71.6 Å². The smallest absolute Gasteiger partial charge is 0.256 e. The Balaban J connectivity index is 1.43. The summed E-state index contributed by atoms with van der Waals surface area (Å²) in [4.78, 5) is 16.4. The fraction of sp³-hybridized carbons (Fsp3) is 0.129. The van der Waals surface area contributed by atoms with E-state index in [4.69, 9.17) is 0 Å². The Morgan fingerprint density at radius 1 is 0.735 bits per heavy atom. The summed E-state index contributed by atoms with van der Waals surface area (Å²) in [7, 11) is 0. The molecule has 1 aromatic heterocycles. The van der Waals surface area contributed by atoms with Crippen molar-refractivity contribution < 1.29 is 4.79 Å². The number of rotatable bonds is 5. The third kappa shape index (κ3) is 3.69. The van der Waals surface area contributed by atoms with Crippen LogP contribution in [-0.2, 0) is 19.4 Å². The van der Waals surface area contributed by atoms with Gasteiger partial charge in [-0.3, -0.25) is 4.79 Å². The van der Waals surface area contributed by atoms with Crippen LogP contribution in [0.5, 0.6) is 0 Å². The lowest BCUT2D eigenvalue weighted by atomic mass is 10.0. The maximum Gasteiger partial charge on any atom is 0.256 e. The number of hydrogen-bond donors (Lipinski definition) is 0. The molecule has 0 saturated carbocycles. The van der Waals surface area contributed by atoms with E-state index in [0.29, 0.717) is 6.54 Å². The lowest BCUT2D eigenvalue weighted by Gasteiger charge is -2.30. The van der Waals surface area contributed by atoms with Crippen molar-refractivity contribution in [3.63, 3.8) is 0 Å². The minimum absolute atomic E-state index is 0.0787. The molecule has 34 heavy (non-hydrogen) atoms. The number of para-hydroxylation sites is 1. The van der Waals surface area contributed by atoms with Crippen LogP contribution in [0.15, 0.2) is 116 Å². The fourth-order valence-electron chi connectivity index (χ4n) is 5.27. The molecule has 0 saturated heterocycles. The van der Waals surface area contributed by atoms with E-state index in [1.807, 2.05) is 53.4 Å². The molecule has 0 N–H and O–H groups in total. The minimum Gasteiger partial charge on any atom is -0.331 e. The summed E-state index contributed by atoms with van der Waals surface area (Å²) >= 11 is 0. The summed E-state index contributed by atoms with van der Waals surface area (Å²) in [5, 5.41) is 2.41. The summed E-state index contributed by atoms with van der Waals surface area (Å²) in [5.41, 5.74) is 5.52. The average Bonchev–Trinajstić information content (AvgIpc) is 3.57. The van der Waals surface area contributed by atoms with Crippen LogP contribution in [0.4, 0.5) is 0 Å². The van der Waals surface area contributed by atoms with Gasteiger partial charge in [0.25, 0.3) is 5.91 Å². The van der Waals surface area contributed by atoms with Crippen molar-refractivity contribution in [3.8, 4) is 5.69 Å². The lowest BCUT2D eigenvalue weighted by molar-refractivity contribution is 0.0669. The number of benzene rings is 4. The second kappa shape index (κ2) is 8.68. The van der Waals surface area contributed by atoms with Gasteiger partial charge in [-0.2, -0.15) is 0 Å². The summed E-state index contributed by atoms with van der Waals surface area (Å²) in [6, 6.07) is 35.4. The van der Waals surface area contributed by atoms with E-state index < -0.39 is 0 Å². The normalized spacial score (nSPS) is 13.2. The third-order valence-electron chi connectivity index (χ3n) is 6.97. The Bertz CT molecular complexity index is 1440. The Morgan fingerprint density at radius 3 is 2.18 bits per heavy atom. The molecule has 1 amide bonds. The summed E-state index contributed by atoms with van der Waals surface area (Å²) in [6.07, 6.45) is 5.76. The van der Waals surface area contributed by atoms with Crippen LogP contribution in [0.25, 0.3) is 16.5 Å². The van der Waals surface area contributed by atoms with Crippen LogP contribution < -0.4 is 0 Å². The standard InChI is InChI=1S/C31H26N2O/c34-31(29-16-5-6-17-30(29)32-18-7-8-19-32)33(27-20-24-11-1-2-12-25(24)21-27)22-26-14-9-13-23-10-3-4-15-28(23)26/h1-19,27H,20-22H2. The molecule has 0 spiro atoms. The van der Waals surface area contributed by atoms with Gasteiger partial charge in [0.2, 0.25) is 0 Å². The molecule has 0 radical (unpaired) electrons. The highest BCUT2D eigenvalue weighted by Crippen LogP contribution is 2.30. The van der Waals surface area contributed by atoms with Crippen LogP contribution in [-0.4, -0.2) is 21.4 Å². The van der Waals surface area contributed by atoms with Crippen LogP contribution in [0, 0.1) is 0 Å². The molecule has 0 atom stereocenters. The van der Waals surface area contributed by atoms with Gasteiger partial charge >= 0.3 is 0 Å². The molecule has 3 heteroatoms. The second-order valence-corrected chi connectivity index (χ2v) is 9.01. The Hall–Kier alpha value is -4.11. The number of carbonyl (C=O) groups is 1. The zero-order valence-electron chi connectivity index (χ0n) is 19.0. The fourth-order valence-corrected chi connectivity index (χ4v) is 5.27. The molecule has 1 heterocycles. The molecule has 0 unspecified atom stereocenters. The van der Waals surface area contributed by atoms with Crippen LogP contribution in [0.1, 0.15) is 27.0 Å². The Morgan fingerprint density at radius 2 is 1.38 bits per heavy atom. The molecular weight excluding hydrogens is 416 g/mol. The van der Waals surface area contributed by atoms with Crippen molar-refractivity contribution in [3.05, 3.63) is 138 Å². The monoisotopic (exact) mass is 442 g/mol. The van der Waals surface area contributed by atoms with Gasteiger partial charge in [0, 0.05) is 25.0 Å². The van der Waals surface area contributed by atoms with E-state index in [1.165, 1.54) is 27.5 Å². The van der Waals surface area contributed by atoms with E-state index in [1.54, 1.807) is 0 Å². The first-order valence-electron chi connectivity index (χ1n) is 11.8. The van der Waals surface area contributed by atoms with E-state index >= 15 is 0 Å². The third-order valence-corrected chi connectivity index (χ3v) is 6.97. The minimum atomic E-state index is 0.0787. The molecule has 3 nitrogen and oxygen atoms in total. The summed E-state index contributed by atoms with van der Waals surface area (Å²) < 4.78 is 2.02. The molecule has 0 aliphatic heterocycles. The topological polar surface area (TPSA) is 25.2 Å². The van der Waals surface area contributed by atoms with Gasteiger partial charge in [0.15, 0.2) is 0 Å². The lowest BCUT2D eigenvalue weighted by Crippen LogP contribution is -2.41. The molecule has 4 aromatic carbocycles. The summed E-state index contributed by atoms with van der Waals surface area (Å²) in [5.74, 6) is 0.0787. The largest absolute Gasteiger partial charge is 0.331 e. The van der Waals surface area contributed by atoms with Gasteiger partial charge in [-0.05, 0) is 64.6 Å². The zero-order chi connectivity index (χ0) is 22.9. The Labute approximate surface area is 199 Å². The summed E-state index contributed by atoms with van der Waals surface area (Å²) in [6.45, 7) is 0.582. The number of nitrogens with zero attached hydrogens (tertiary/aromatic N) is 2. The highest BCUT2D eigenvalue weighted by atomic mass is 16.2. The van der Waals surface area contributed by atoms with Gasteiger partial charge in [0.05, 0.1) is 11.3 Å². The molecule has 5 aromatic rings. The highest BCUT2D eigenvalue weighted by Gasteiger charge is 2.31. The highest BCUT2D eigenvalue weighted by molar-refractivity contribution is 5.98. The molecular formula is C31H26N2O. The molecule has 0 bridgehead atoms. The van der Waals surface area contributed by atoms with E-state index in [9.17, 15) is 4.79 Å². The van der Waals surface area contributed by atoms with Crippen molar-refractivity contribution in [1.82, 2.24) is 9.47 Å². The van der Waals surface area contributed by atoms with E-state index in [0.717, 1.165) is 24.1 Å². The van der Waals surface area contributed by atoms with Crippen LogP contribution in [0.3, 0.4) is 0 Å². The van der Waals surface area contributed by atoms with Crippen molar-refractivity contribution >= 4 is 16.7 Å². The predicted octanol–water partition coefficient (Wildman–Crippen LogP) is 6.44. The van der Waals surface area contributed by atoms with E-state index in [-0.39, 0.29) is 11.9 Å². The number of amides is 1. The number of carbonyl (C=O) groups excluding carboxylic acids is 1. The van der Waals surface area contributed by atoms with Crippen LogP contribution >= 0.6 is 0 Å². The maximum atomic E-state index is 14.3. The van der Waals surface area contributed by atoms with Gasteiger partial charge in [-0.25, -0.2) is 0 Å². The quantitative estimate of drug-likeness (QED) is 0.307. The van der Waals surface area contributed by atoms with Crippen molar-refractivity contribution in [1.29, 1.82) is 0 Å². The van der Waals surface area contributed by atoms with Crippen LogP contribution in [0.2, 0.25) is 0 Å². The van der Waals surface area contributed by atoms with Gasteiger partial charge in [-0.15, -0.1) is 0 Å². The van der Waals surface area contributed by atoms with Crippen molar-refractivity contribution in [2.45, 2.75) is 25.4 Å². The van der Waals surface area contributed by atoms with Gasteiger partial charge in [0.1, 0.15) is 0 Å². The first kappa shape index (κ1) is 20.5. The zero-order valence-corrected chi connectivity index (χ0v) is 19.0.